The maximum atomic E-state index is 6.31. The molecule has 3 rings (SSSR count). The van der Waals surface area contributed by atoms with Crippen LogP contribution in [0, 0.1) is 0 Å². The molecule has 0 fully saturated rings. The Kier molecular flexibility index (Phi) is 3.08. The van der Waals surface area contributed by atoms with Crippen molar-refractivity contribution in [3.05, 3.63) is 58.6 Å². The molecular weight excluding hydrogens is 304 g/mol. The normalized spacial score (nSPS) is 12.8. The van der Waals surface area contributed by atoms with Gasteiger partial charge in [0.2, 0.25) is 0 Å². The largest absolute Gasteiger partial charge is 0.330 e. The number of nitrogens with zero attached hydrogens (tertiary/aromatic N) is 3. The van der Waals surface area contributed by atoms with Crippen molar-refractivity contribution in [1.82, 2.24) is 14.5 Å². The molecule has 1 aromatic carbocycles. The lowest BCUT2D eigenvalue weighted by Crippen LogP contribution is -2.16. The number of benzene rings is 1. The molecule has 0 aliphatic rings. The summed E-state index contributed by atoms with van der Waals surface area (Å²) < 4.78 is 2.94. The topological polar surface area (TPSA) is 56.7 Å². The minimum atomic E-state index is -0.289. The summed E-state index contributed by atoms with van der Waals surface area (Å²) in [6.07, 6.45) is 3.51. The van der Waals surface area contributed by atoms with E-state index in [-0.39, 0.29) is 6.04 Å². The minimum absolute atomic E-state index is 0.289. The van der Waals surface area contributed by atoms with Gasteiger partial charge in [-0.1, -0.05) is 12.1 Å². The highest BCUT2D eigenvalue weighted by molar-refractivity contribution is 9.10. The number of nitrogens with two attached hydrogens (primary N) is 1. The summed E-state index contributed by atoms with van der Waals surface area (Å²) in [6, 6.07) is 9.69. The quantitative estimate of drug-likeness (QED) is 0.791. The number of halogens is 1. The second-order valence-corrected chi connectivity index (χ2v) is 5.35. The van der Waals surface area contributed by atoms with Crippen molar-refractivity contribution in [2.24, 2.45) is 12.8 Å². The van der Waals surface area contributed by atoms with Gasteiger partial charge in [0.15, 0.2) is 0 Å². The van der Waals surface area contributed by atoms with E-state index < -0.39 is 0 Å². The maximum absolute atomic E-state index is 6.31. The van der Waals surface area contributed by atoms with Gasteiger partial charge in [-0.3, -0.25) is 4.98 Å². The number of hydrogen-bond acceptors (Lipinski definition) is 3. The Bertz CT molecular complexity index is 735. The van der Waals surface area contributed by atoms with Crippen LogP contribution in [0.3, 0.4) is 0 Å². The van der Waals surface area contributed by atoms with Gasteiger partial charge in [-0.25, -0.2) is 4.98 Å². The molecule has 1 atom stereocenters. The lowest BCUT2D eigenvalue weighted by Gasteiger charge is -2.11. The summed E-state index contributed by atoms with van der Waals surface area (Å²) in [5.74, 6) is 0.834. The van der Waals surface area contributed by atoms with Crippen LogP contribution in [-0.4, -0.2) is 14.5 Å². The zero-order valence-corrected chi connectivity index (χ0v) is 12.0. The van der Waals surface area contributed by atoms with Crippen molar-refractivity contribution in [2.45, 2.75) is 6.04 Å². The Balaban J connectivity index is 2.11. The third-order valence-electron chi connectivity index (χ3n) is 3.19. The van der Waals surface area contributed by atoms with Gasteiger partial charge in [-0.05, 0) is 39.7 Å². The Morgan fingerprint density at radius 3 is 2.79 bits per heavy atom. The van der Waals surface area contributed by atoms with Gasteiger partial charge < -0.3 is 10.3 Å². The molecule has 3 aromatic rings. The van der Waals surface area contributed by atoms with Crippen LogP contribution in [0.2, 0.25) is 0 Å². The number of para-hydroxylation sites is 2. The van der Waals surface area contributed by atoms with E-state index in [0.29, 0.717) is 0 Å². The lowest BCUT2D eigenvalue weighted by molar-refractivity contribution is 0.725. The first-order chi connectivity index (χ1) is 9.16. The Hall–Kier alpha value is -1.72. The summed E-state index contributed by atoms with van der Waals surface area (Å²) in [6.45, 7) is 0. The number of rotatable bonds is 2. The van der Waals surface area contributed by atoms with Crippen molar-refractivity contribution >= 4 is 27.0 Å². The van der Waals surface area contributed by atoms with E-state index in [1.165, 1.54) is 0 Å². The van der Waals surface area contributed by atoms with E-state index in [1.807, 2.05) is 41.9 Å². The smallest absolute Gasteiger partial charge is 0.131 e. The van der Waals surface area contributed by atoms with E-state index in [4.69, 9.17) is 5.73 Å². The number of aryl methyl sites for hydroxylation is 1. The SMILES string of the molecule is Cn1c(C(N)c2cncc(Br)c2)nc2ccccc21. The molecule has 2 aromatic heterocycles. The van der Waals surface area contributed by atoms with Gasteiger partial charge in [-0.15, -0.1) is 0 Å². The average Bonchev–Trinajstić information content (AvgIpc) is 2.76. The lowest BCUT2D eigenvalue weighted by atomic mass is 10.1. The van der Waals surface area contributed by atoms with Crippen LogP contribution in [0.5, 0.6) is 0 Å². The molecule has 4 nitrogen and oxygen atoms in total. The minimum Gasteiger partial charge on any atom is -0.330 e. The summed E-state index contributed by atoms with van der Waals surface area (Å²) >= 11 is 3.41. The van der Waals surface area contributed by atoms with Crippen molar-refractivity contribution in [3.8, 4) is 0 Å². The zero-order valence-electron chi connectivity index (χ0n) is 10.4. The van der Waals surface area contributed by atoms with Gasteiger partial charge >= 0.3 is 0 Å². The first-order valence-electron chi connectivity index (χ1n) is 5.94. The third-order valence-corrected chi connectivity index (χ3v) is 3.62. The van der Waals surface area contributed by atoms with E-state index in [2.05, 4.69) is 25.9 Å². The fourth-order valence-corrected chi connectivity index (χ4v) is 2.57. The molecule has 1 unspecified atom stereocenters. The fraction of sp³-hybridized carbons (Fsp3) is 0.143. The molecule has 96 valence electrons. The number of aromatic nitrogens is 3. The molecule has 0 saturated carbocycles. The average molecular weight is 317 g/mol. The van der Waals surface area contributed by atoms with Crippen molar-refractivity contribution in [1.29, 1.82) is 0 Å². The van der Waals surface area contributed by atoms with Crippen molar-refractivity contribution in [3.63, 3.8) is 0 Å². The summed E-state index contributed by atoms with van der Waals surface area (Å²) in [5.41, 5.74) is 9.28. The summed E-state index contributed by atoms with van der Waals surface area (Å²) in [4.78, 5) is 8.76. The first-order valence-corrected chi connectivity index (χ1v) is 6.73. The molecule has 19 heavy (non-hydrogen) atoms. The molecule has 2 N–H and O–H groups in total. The first kappa shape index (κ1) is 12.3. The van der Waals surface area contributed by atoms with Gasteiger partial charge in [0, 0.05) is 23.9 Å². The van der Waals surface area contributed by atoms with Gasteiger partial charge in [0.05, 0.1) is 17.1 Å². The Morgan fingerprint density at radius 2 is 2.05 bits per heavy atom. The molecule has 0 radical (unpaired) electrons. The predicted octanol–water partition coefficient (Wildman–Crippen LogP) is 2.78. The highest BCUT2D eigenvalue weighted by atomic mass is 79.9. The third kappa shape index (κ3) is 2.15. The molecule has 0 aliphatic carbocycles. The van der Waals surface area contributed by atoms with E-state index in [9.17, 15) is 0 Å². The standard InChI is InChI=1S/C14H13BrN4/c1-19-12-5-3-2-4-11(12)18-14(19)13(16)9-6-10(15)8-17-7-9/h2-8,13H,16H2,1H3. The fourth-order valence-electron chi connectivity index (χ4n) is 2.19. The zero-order chi connectivity index (χ0) is 13.4. The van der Waals surface area contributed by atoms with Crippen molar-refractivity contribution in [2.75, 3.05) is 0 Å². The molecule has 2 heterocycles. The highest BCUT2D eigenvalue weighted by Crippen LogP contribution is 2.24. The van der Waals surface area contributed by atoms with Gasteiger partial charge in [-0.2, -0.15) is 0 Å². The van der Waals surface area contributed by atoms with Crippen LogP contribution in [-0.2, 0) is 7.05 Å². The predicted molar refractivity (Wildman–Crippen MR) is 78.7 cm³/mol. The molecule has 0 aliphatic heterocycles. The molecule has 0 bridgehead atoms. The second kappa shape index (κ2) is 4.75. The molecule has 0 saturated heterocycles. The van der Waals surface area contributed by atoms with Gasteiger partial charge in [0.25, 0.3) is 0 Å². The Labute approximate surface area is 119 Å². The molecular formula is C14H13BrN4. The van der Waals surface area contributed by atoms with Crippen LogP contribution in [0.15, 0.2) is 47.2 Å². The second-order valence-electron chi connectivity index (χ2n) is 4.43. The van der Waals surface area contributed by atoms with Crippen molar-refractivity contribution < 1.29 is 0 Å². The number of fused-ring (bicyclic) bond motifs is 1. The number of imidazole rings is 1. The number of pyridine rings is 1. The molecule has 0 amide bonds. The van der Waals surface area contributed by atoms with E-state index >= 15 is 0 Å². The summed E-state index contributed by atoms with van der Waals surface area (Å²) in [5, 5.41) is 0. The monoisotopic (exact) mass is 316 g/mol. The Morgan fingerprint density at radius 1 is 1.26 bits per heavy atom. The van der Waals surface area contributed by atoms with Crippen LogP contribution in [0.1, 0.15) is 17.4 Å². The molecule has 0 spiro atoms. The van der Waals surface area contributed by atoms with E-state index in [1.54, 1.807) is 12.4 Å². The van der Waals surface area contributed by atoms with Crippen LogP contribution in [0.25, 0.3) is 11.0 Å². The molecule has 5 heteroatoms. The van der Waals surface area contributed by atoms with Crippen LogP contribution in [0.4, 0.5) is 0 Å². The van der Waals surface area contributed by atoms with Crippen LogP contribution >= 0.6 is 15.9 Å². The maximum Gasteiger partial charge on any atom is 0.131 e. The van der Waals surface area contributed by atoms with Crippen LogP contribution < -0.4 is 5.73 Å². The van der Waals surface area contributed by atoms with Gasteiger partial charge in [0.1, 0.15) is 5.82 Å². The highest BCUT2D eigenvalue weighted by Gasteiger charge is 2.17. The summed E-state index contributed by atoms with van der Waals surface area (Å²) in [7, 11) is 1.98. The number of hydrogen-bond donors (Lipinski definition) is 1. The van der Waals surface area contributed by atoms with E-state index in [0.717, 1.165) is 26.9 Å².